The zero-order chi connectivity index (χ0) is 15.9. The molecular formula is C16H23ClN4O. The summed E-state index contributed by atoms with van der Waals surface area (Å²) < 4.78 is 0. The van der Waals surface area contributed by atoms with Gasteiger partial charge < -0.3 is 16.0 Å². The van der Waals surface area contributed by atoms with Crippen molar-refractivity contribution in [3.63, 3.8) is 0 Å². The highest BCUT2D eigenvalue weighted by atomic mass is 35.5. The van der Waals surface area contributed by atoms with E-state index in [1.165, 1.54) is 0 Å². The molecule has 1 atom stereocenters. The molecule has 1 aromatic rings. The minimum atomic E-state index is -0.228. The maximum Gasteiger partial charge on any atom is 0.217 e. The largest absolute Gasteiger partial charge is 0.370 e. The van der Waals surface area contributed by atoms with E-state index in [0.29, 0.717) is 18.9 Å². The molecule has 1 saturated heterocycles. The number of likely N-dealkylation sites (tertiary alicyclic amines) is 1. The number of benzene rings is 1. The van der Waals surface area contributed by atoms with Crippen LogP contribution in [0.4, 0.5) is 0 Å². The third-order valence-electron chi connectivity index (χ3n) is 3.86. The first-order valence-corrected chi connectivity index (χ1v) is 7.94. The molecule has 0 radical (unpaired) electrons. The zero-order valence-electron chi connectivity index (χ0n) is 12.9. The number of guanidine groups is 1. The fraction of sp³-hybridized carbons (Fsp3) is 0.500. The maximum atomic E-state index is 11.1. The number of nitrogens with zero attached hydrogens (tertiary/aromatic N) is 2. The van der Waals surface area contributed by atoms with Crippen molar-refractivity contribution in [2.24, 2.45) is 16.6 Å². The van der Waals surface area contributed by atoms with Crippen molar-refractivity contribution in [3.8, 4) is 0 Å². The second kappa shape index (κ2) is 8.03. The molecule has 0 bridgehead atoms. The van der Waals surface area contributed by atoms with Crippen molar-refractivity contribution in [2.45, 2.75) is 25.8 Å². The second-order valence-corrected chi connectivity index (χ2v) is 6.09. The van der Waals surface area contributed by atoms with Crippen molar-refractivity contribution in [3.05, 3.63) is 34.9 Å². The van der Waals surface area contributed by atoms with Gasteiger partial charge in [-0.2, -0.15) is 0 Å². The first-order chi connectivity index (χ1) is 10.6. The number of piperidine rings is 1. The second-order valence-electron chi connectivity index (χ2n) is 5.66. The van der Waals surface area contributed by atoms with E-state index >= 15 is 0 Å². The van der Waals surface area contributed by atoms with Gasteiger partial charge in [0.2, 0.25) is 5.91 Å². The van der Waals surface area contributed by atoms with Gasteiger partial charge in [-0.1, -0.05) is 23.7 Å². The van der Waals surface area contributed by atoms with Gasteiger partial charge in [0.05, 0.1) is 0 Å². The summed E-state index contributed by atoms with van der Waals surface area (Å²) in [5.74, 6) is 0.943. The van der Waals surface area contributed by atoms with Crippen molar-refractivity contribution < 1.29 is 4.79 Å². The minimum Gasteiger partial charge on any atom is -0.370 e. The third kappa shape index (κ3) is 4.91. The van der Waals surface area contributed by atoms with Crippen LogP contribution in [0.5, 0.6) is 0 Å². The summed E-state index contributed by atoms with van der Waals surface area (Å²) in [6.45, 7) is 2.44. The Morgan fingerprint density at radius 3 is 3.05 bits per heavy atom. The van der Waals surface area contributed by atoms with Crippen molar-refractivity contribution in [1.29, 1.82) is 0 Å². The van der Waals surface area contributed by atoms with Crippen molar-refractivity contribution in [2.75, 3.05) is 20.1 Å². The van der Waals surface area contributed by atoms with E-state index in [4.69, 9.17) is 17.3 Å². The van der Waals surface area contributed by atoms with Crippen LogP contribution in [0.2, 0.25) is 5.02 Å². The molecule has 0 aliphatic carbocycles. The number of hydrogen-bond donors (Lipinski definition) is 2. The predicted molar refractivity (Wildman–Crippen MR) is 89.8 cm³/mol. The highest BCUT2D eigenvalue weighted by molar-refractivity contribution is 6.30. The van der Waals surface area contributed by atoms with Gasteiger partial charge in [-0.25, -0.2) is 0 Å². The van der Waals surface area contributed by atoms with Gasteiger partial charge in [-0.05, 0) is 36.5 Å². The smallest absolute Gasteiger partial charge is 0.217 e. The zero-order valence-corrected chi connectivity index (χ0v) is 13.6. The van der Waals surface area contributed by atoms with E-state index < -0.39 is 0 Å². The van der Waals surface area contributed by atoms with Crippen LogP contribution in [0.3, 0.4) is 0 Å². The molecule has 0 saturated carbocycles. The fourth-order valence-corrected chi connectivity index (χ4v) is 3.08. The van der Waals surface area contributed by atoms with Crippen molar-refractivity contribution >= 4 is 23.5 Å². The number of nitrogens with two attached hydrogens (primary N) is 1. The van der Waals surface area contributed by atoms with Gasteiger partial charge in [0, 0.05) is 38.1 Å². The summed E-state index contributed by atoms with van der Waals surface area (Å²) in [5, 5.41) is 4.09. The van der Waals surface area contributed by atoms with E-state index in [2.05, 4.69) is 15.2 Å². The Morgan fingerprint density at radius 1 is 1.55 bits per heavy atom. The molecule has 1 unspecified atom stereocenters. The van der Waals surface area contributed by atoms with E-state index in [1.807, 2.05) is 24.3 Å². The van der Waals surface area contributed by atoms with Gasteiger partial charge >= 0.3 is 0 Å². The predicted octanol–water partition coefficient (Wildman–Crippen LogP) is 2.00. The van der Waals surface area contributed by atoms with Gasteiger partial charge in [-0.3, -0.25) is 9.79 Å². The number of carbonyl (C=O) groups is 1. The molecule has 5 nitrogen and oxygen atoms in total. The lowest BCUT2D eigenvalue weighted by Gasteiger charge is -2.34. The quantitative estimate of drug-likeness (QED) is 0.658. The summed E-state index contributed by atoms with van der Waals surface area (Å²) in [7, 11) is 1.78. The Kier molecular flexibility index (Phi) is 6.07. The minimum absolute atomic E-state index is 0.228. The van der Waals surface area contributed by atoms with Gasteiger partial charge in [-0.15, -0.1) is 0 Å². The number of amides is 1. The lowest BCUT2D eigenvalue weighted by atomic mass is 9.95. The maximum absolute atomic E-state index is 11.1. The van der Waals surface area contributed by atoms with Crippen LogP contribution in [0.25, 0.3) is 0 Å². The highest BCUT2D eigenvalue weighted by Gasteiger charge is 2.23. The molecule has 1 heterocycles. The highest BCUT2D eigenvalue weighted by Crippen LogP contribution is 2.19. The molecular weight excluding hydrogens is 300 g/mol. The number of carbonyl (C=O) groups excluding carboxylic acids is 1. The summed E-state index contributed by atoms with van der Waals surface area (Å²) in [6.07, 6.45) is 2.54. The molecule has 22 heavy (non-hydrogen) atoms. The summed E-state index contributed by atoms with van der Waals surface area (Å²) in [5.41, 5.74) is 6.42. The Balaban J connectivity index is 1.92. The van der Waals surface area contributed by atoms with Crippen LogP contribution < -0.4 is 11.1 Å². The van der Waals surface area contributed by atoms with Gasteiger partial charge in [0.25, 0.3) is 0 Å². The molecule has 1 aliphatic rings. The number of hydrogen-bond acceptors (Lipinski definition) is 2. The van der Waals surface area contributed by atoms with Crippen LogP contribution in [-0.2, 0) is 11.3 Å². The molecule has 120 valence electrons. The lowest BCUT2D eigenvalue weighted by Crippen LogP contribution is -2.46. The molecule has 0 aromatic heterocycles. The molecule has 1 amide bonds. The molecule has 6 heteroatoms. The summed E-state index contributed by atoms with van der Waals surface area (Å²) in [6, 6.07) is 7.76. The molecule has 1 aromatic carbocycles. The van der Waals surface area contributed by atoms with Gasteiger partial charge in [0.1, 0.15) is 0 Å². The Hall–Kier alpha value is -1.75. The van der Waals surface area contributed by atoms with Crippen LogP contribution in [0, 0.1) is 5.92 Å². The van der Waals surface area contributed by atoms with Gasteiger partial charge in [0.15, 0.2) is 5.96 Å². The monoisotopic (exact) mass is 322 g/mol. The number of rotatable bonds is 4. The third-order valence-corrected chi connectivity index (χ3v) is 4.09. The average Bonchev–Trinajstić information content (AvgIpc) is 2.48. The number of primary amides is 1. The summed E-state index contributed by atoms with van der Waals surface area (Å²) in [4.78, 5) is 17.6. The molecule has 1 fully saturated rings. The fourth-order valence-electron chi connectivity index (χ4n) is 2.87. The normalized spacial score (nSPS) is 19.1. The molecule has 1 aliphatic heterocycles. The Morgan fingerprint density at radius 2 is 2.36 bits per heavy atom. The first-order valence-electron chi connectivity index (χ1n) is 7.57. The number of halogens is 1. The first kappa shape index (κ1) is 16.6. The van der Waals surface area contributed by atoms with Crippen LogP contribution in [0.15, 0.2) is 29.3 Å². The molecule has 3 N–H and O–H groups in total. The van der Waals surface area contributed by atoms with E-state index in [-0.39, 0.29) is 5.91 Å². The summed E-state index contributed by atoms with van der Waals surface area (Å²) >= 11 is 6.00. The molecule has 2 rings (SSSR count). The standard InChI is InChI=1S/C16H23ClN4O/c1-19-16(20-10-12-4-2-6-14(17)8-12)21-7-3-5-13(11-21)9-15(18)22/h2,4,6,8,13H,3,5,7,9-11H2,1H3,(H2,18,22)(H,19,20). The van der Waals surface area contributed by atoms with Crippen LogP contribution in [0.1, 0.15) is 24.8 Å². The van der Waals surface area contributed by atoms with E-state index in [0.717, 1.165) is 42.5 Å². The van der Waals surface area contributed by atoms with Crippen LogP contribution >= 0.6 is 11.6 Å². The topological polar surface area (TPSA) is 70.7 Å². The SMILES string of the molecule is CN=C(NCc1cccc(Cl)c1)N1CCCC(CC(N)=O)C1. The van der Waals surface area contributed by atoms with E-state index in [9.17, 15) is 4.79 Å². The number of aliphatic imine (C=N–C) groups is 1. The average molecular weight is 323 g/mol. The van der Waals surface area contributed by atoms with Crippen molar-refractivity contribution in [1.82, 2.24) is 10.2 Å². The lowest BCUT2D eigenvalue weighted by molar-refractivity contribution is -0.119. The molecule has 0 spiro atoms. The Bertz CT molecular complexity index is 547. The Labute approximate surface area is 136 Å². The van der Waals surface area contributed by atoms with Crippen LogP contribution in [-0.4, -0.2) is 36.9 Å². The van der Waals surface area contributed by atoms with E-state index in [1.54, 1.807) is 7.05 Å². The number of nitrogens with one attached hydrogen (secondary N) is 1.